The molecule has 3 aliphatic rings. The van der Waals surface area contributed by atoms with Gasteiger partial charge < -0.3 is 14.4 Å². The van der Waals surface area contributed by atoms with Gasteiger partial charge in [0.15, 0.2) is 5.72 Å². The highest BCUT2D eigenvalue weighted by Gasteiger charge is 2.80. The van der Waals surface area contributed by atoms with Gasteiger partial charge in [-0.2, -0.15) is 26.3 Å². The van der Waals surface area contributed by atoms with Crippen LogP contribution in [-0.2, 0) is 26.6 Å². The number of halogens is 7. The first-order valence-electron chi connectivity index (χ1n) is 11.4. The van der Waals surface area contributed by atoms with Crippen molar-refractivity contribution in [3.05, 3.63) is 70.5 Å². The molecule has 0 saturated carbocycles. The average Bonchev–Trinajstić information content (AvgIpc) is 3.29. The van der Waals surface area contributed by atoms with Crippen molar-refractivity contribution in [3.63, 3.8) is 0 Å². The molecular weight excluding hydrogens is 495 g/mol. The Labute approximate surface area is 202 Å². The van der Waals surface area contributed by atoms with Crippen LogP contribution < -0.4 is 0 Å². The van der Waals surface area contributed by atoms with Gasteiger partial charge in [0.05, 0.1) is 35.8 Å². The summed E-state index contributed by atoms with van der Waals surface area (Å²) in [6.07, 6.45) is -11.3. The minimum absolute atomic E-state index is 0.0336. The van der Waals surface area contributed by atoms with E-state index in [2.05, 4.69) is 0 Å². The number of rotatable bonds is 4. The van der Waals surface area contributed by atoms with Gasteiger partial charge in [0.2, 0.25) is 5.91 Å². The van der Waals surface area contributed by atoms with Crippen LogP contribution in [0.2, 0.25) is 0 Å². The molecule has 5 atom stereocenters. The summed E-state index contributed by atoms with van der Waals surface area (Å²) in [4.78, 5) is 14.3. The maximum absolute atomic E-state index is 13.6. The lowest BCUT2D eigenvalue weighted by Gasteiger charge is -2.32. The number of hydrogen-bond donors (Lipinski definition) is 0. The number of carbonyl (C=O) groups excluding carboxylic acids is 1. The second-order valence-corrected chi connectivity index (χ2v) is 9.72. The zero-order chi connectivity index (χ0) is 26.3. The lowest BCUT2D eigenvalue weighted by molar-refractivity contribution is -0.143. The Hall–Kier alpha value is -2.66. The van der Waals surface area contributed by atoms with Gasteiger partial charge in [-0.3, -0.25) is 4.79 Å². The maximum Gasteiger partial charge on any atom is 0.416 e. The number of piperidine rings is 1. The van der Waals surface area contributed by atoms with E-state index in [-0.39, 0.29) is 30.5 Å². The molecule has 1 spiro atoms. The predicted octanol–water partition coefficient (Wildman–Crippen LogP) is 6.21. The van der Waals surface area contributed by atoms with Crippen molar-refractivity contribution in [1.82, 2.24) is 4.90 Å². The number of carbonyl (C=O) groups is 1. The van der Waals surface area contributed by atoms with E-state index >= 15 is 0 Å². The molecule has 194 valence electrons. The summed E-state index contributed by atoms with van der Waals surface area (Å²) < 4.78 is 106. The van der Waals surface area contributed by atoms with Crippen LogP contribution in [0.5, 0.6) is 0 Å². The number of benzene rings is 2. The Morgan fingerprint density at radius 3 is 2.17 bits per heavy atom. The molecule has 2 unspecified atom stereocenters. The number of alkyl halides is 6. The molecule has 0 N–H and O–H groups in total. The Morgan fingerprint density at radius 2 is 1.61 bits per heavy atom. The third-order valence-electron chi connectivity index (χ3n) is 7.46. The third-order valence-corrected chi connectivity index (χ3v) is 7.46. The van der Waals surface area contributed by atoms with Crippen LogP contribution in [-0.4, -0.2) is 34.8 Å². The molecule has 1 amide bonds. The molecule has 3 fully saturated rings. The fourth-order valence-corrected chi connectivity index (χ4v) is 5.68. The molecule has 5 rings (SSSR count). The molecule has 3 saturated heterocycles. The predicted molar refractivity (Wildman–Crippen MR) is 112 cm³/mol. The van der Waals surface area contributed by atoms with E-state index in [1.54, 1.807) is 0 Å². The number of hydrogen-bond acceptors (Lipinski definition) is 3. The Morgan fingerprint density at radius 1 is 1.03 bits per heavy atom. The zero-order valence-corrected chi connectivity index (χ0v) is 19.2. The second kappa shape index (κ2) is 7.92. The summed E-state index contributed by atoms with van der Waals surface area (Å²) >= 11 is 0. The van der Waals surface area contributed by atoms with Crippen molar-refractivity contribution >= 4 is 5.91 Å². The van der Waals surface area contributed by atoms with Crippen molar-refractivity contribution in [3.8, 4) is 0 Å². The summed E-state index contributed by atoms with van der Waals surface area (Å²) in [7, 11) is 0. The molecule has 11 heteroatoms. The van der Waals surface area contributed by atoms with Crippen LogP contribution in [0.1, 0.15) is 61.0 Å². The van der Waals surface area contributed by atoms with Gasteiger partial charge in [-0.1, -0.05) is 12.1 Å². The fourth-order valence-electron chi connectivity index (χ4n) is 5.68. The second-order valence-electron chi connectivity index (χ2n) is 9.72. The van der Waals surface area contributed by atoms with Gasteiger partial charge in [-0.25, -0.2) is 4.39 Å². The van der Waals surface area contributed by atoms with Crippen LogP contribution in [0.3, 0.4) is 0 Å². The Kier molecular flexibility index (Phi) is 5.50. The van der Waals surface area contributed by atoms with E-state index in [9.17, 15) is 35.5 Å². The molecule has 0 aliphatic carbocycles. The van der Waals surface area contributed by atoms with E-state index in [1.165, 1.54) is 36.1 Å². The van der Waals surface area contributed by atoms with E-state index < -0.39 is 58.7 Å². The lowest BCUT2D eigenvalue weighted by Crippen LogP contribution is -2.48. The SMILES string of the molecule is C[C@@H](O[C@H]1CN2C(=O)CCC3(C)O[C@]23C1c1ccc(F)cc1)c1cc(C(F)(F)F)cc(C(F)(F)F)c1. The molecule has 0 radical (unpaired) electrons. The summed E-state index contributed by atoms with van der Waals surface area (Å²) in [5.74, 6) is -1.29. The molecule has 3 heterocycles. The highest BCUT2D eigenvalue weighted by molar-refractivity contribution is 5.80. The lowest BCUT2D eigenvalue weighted by atomic mass is 9.80. The van der Waals surface area contributed by atoms with E-state index in [0.717, 1.165) is 0 Å². The van der Waals surface area contributed by atoms with Crippen LogP contribution in [0.4, 0.5) is 30.7 Å². The zero-order valence-electron chi connectivity index (χ0n) is 19.2. The summed E-state index contributed by atoms with van der Waals surface area (Å²) in [5, 5.41) is 0. The van der Waals surface area contributed by atoms with E-state index in [0.29, 0.717) is 24.1 Å². The summed E-state index contributed by atoms with van der Waals surface area (Å²) in [6.45, 7) is 3.24. The monoisotopic (exact) mass is 517 g/mol. The molecule has 2 aromatic rings. The van der Waals surface area contributed by atoms with Gasteiger partial charge in [0, 0.05) is 6.42 Å². The van der Waals surface area contributed by atoms with Gasteiger partial charge >= 0.3 is 12.4 Å². The number of amides is 1. The minimum Gasteiger partial charge on any atom is -0.368 e. The van der Waals surface area contributed by atoms with E-state index in [1.807, 2.05) is 6.92 Å². The highest BCUT2D eigenvalue weighted by Crippen LogP contribution is 2.67. The molecule has 2 aromatic carbocycles. The summed E-state index contributed by atoms with van der Waals surface area (Å²) in [6, 6.07) is 6.85. The molecule has 3 aliphatic heterocycles. The van der Waals surface area contributed by atoms with E-state index in [4.69, 9.17) is 9.47 Å². The van der Waals surface area contributed by atoms with Crippen molar-refractivity contribution < 1.29 is 45.0 Å². The summed E-state index contributed by atoms with van der Waals surface area (Å²) in [5.41, 5.74) is -4.35. The topological polar surface area (TPSA) is 42.1 Å². The van der Waals surface area contributed by atoms with Crippen molar-refractivity contribution in [2.75, 3.05) is 6.54 Å². The van der Waals surface area contributed by atoms with Crippen molar-refractivity contribution in [2.24, 2.45) is 0 Å². The van der Waals surface area contributed by atoms with Crippen LogP contribution in [0.15, 0.2) is 42.5 Å². The van der Waals surface area contributed by atoms with Gasteiger partial charge in [-0.05, 0) is 61.7 Å². The molecule has 4 nitrogen and oxygen atoms in total. The third kappa shape index (κ3) is 3.87. The normalized spacial score (nSPS) is 30.7. The average molecular weight is 517 g/mol. The van der Waals surface area contributed by atoms with Crippen molar-refractivity contribution in [1.29, 1.82) is 0 Å². The first kappa shape index (κ1) is 25.0. The Bertz CT molecular complexity index is 1160. The highest BCUT2D eigenvalue weighted by atomic mass is 19.4. The first-order chi connectivity index (χ1) is 16.7. The van der Waals surface area contributed by atoms with Crippen LogP contribution in [0.25, 0.3) is 0 Å². The minimum atomic E-state index is -4.99. The largest absolute Gasteiger partial charge is 0.416 e. The van der Waals surface area contributed by atoms with Gasteiger partial charge in [0.25, 0.3) is 0 Å². The first-order valence-corrected chi connectivity index (χ1v) is 11.4. The number of ether oxygens (including phenoxy) is 2. The molecular formula is C25H22F7NO3. The molecule has 0 aromatic heterocycles. The Balaban J connectivity index is 1.52. The van der Waals surface area contributed by atoms with Crippen LogP contribution >= 0.6 is 0 Å². The molecule has 0 bridgehead atoms. The quantitative estimate of drug-likeness (QED) is 0.358. The number of nitrogens with zero attached hydrogens (tertiary/aromatic N) is 1. The number of epoxide rings is 1. The standard InChI is InChI=1S/C25H22F7NO3/c1-13(15-9-16(24(27,28)29)11-17(10-15)25(30,31)32)35-19-12-33-20(34)7-8-22(2)23(33,36-22)21(19)14-3-5-18(26)6-4-14/h3-6,9-11,13,19,21H,7-8,12H2,1-2H3/t13-,19+,21?,22?,23+/m1/s1. The van der Waals surface area contributed by atoms with Crippen LogP contribution in [0, 0.1) is 5.82 Å². The maximum atomic E-state index is 13.6. The molecule has 36 heavy (non-hydrogen) atoms. The van der Waals surface area contributed by atoms with Gasteiger partial charge in [0.1, 0.15) is 11.4 Å². The van der Waals surface area contributed by atoms with Gasteiger partial charge in [-0.15, -0.1) is 0 Å². The fraction of sp³-hybridized carbons (Fsp3) is 0.480. The smallest absolute Gasteiger partial charge is 0.368 e. The van der Waals surface area contributed by atoms with Crippen molar-refractivity contribution in [2.45, 2.75) is 68.5 Å².